The first-order valence-corrected chi connectivity index (χ1v) is 7.47. The van der Waals surface area contributed by atoms with E-state index < -0.39 is 0 Å². The topological polar surface area (TPSA) is 51.9 Å². The molecule has 3 heteroatoms. The minimum atomic E-state index is 0.605. The summed E-state index contributed by atoms with van der Waals surface area (Å²) in [4.78, 5) is 7.70. The Morgan fingerprint density at radius 1 is 1.36 bits per heavy atom. The summed E-state index contributed by atoms with van der Waals surface area (Å²) in [6, 6.07) is 6.01. The fourth-order valence-corrected chi connectivity index (χ4v) is 1.95. The molecule has 0 unspecified atom stereocenters. The Bertz CT molecular complexity index is 661. The second-order valence-electron chi connectivity index (χ2n) is 4.79. The molecule has 0 spiro atoms. The Hall–Kier alpha value is -2.60. The number of nitriles is 1. The average molecular weight is 293 g/mol. The predicted molar refractivity (Wildman–Crippen MR) is 95.2 cm³/mol. The quantitative estimate of drug-likeness (QED) is 0.402. The van der Waals surface area contributed by atoms with Crippen LogP contribution >= 0.6 is 0 Å². The summed E-state index contributed by atoms with van der Waals surface area (Å²) in [5.41, 5.74) is 3.60. The molecule has 0 aliphatic carbocycles. The first-order valence-electron chi connectivity index (χ1n) is 7.47. The smallest absolute Gasteiger partial charge is 0.130 e. The van der Waals surface area contributed by atoms with Gasteiger partial charge in [0.1, 0.15) is 5.82 Å². The number of rotatable bonds is 7. The van der Waals surface area contributed by atoms with E-state index in [0.29, 0.717) is 5.57 Å². The highest BCUT2D eigenvalue weighted by Crippen LogP contribution is 2.21. The molecule has 0 saturated heterocycles. The Balaban J connectivity index is 2.98. The van der Waals surface area contributed by atoms with E-state index in [2.05, 4.69) is 35.6 Å². The maximum absolute atomic E-state index is 9.01. The molecule has 114 valence electrons. The third kappa shape index (κ3) is 5.06. The third-order valence-electron chi connectivity index (χ3n) is 3.23. The Kier molecular flexibility index (Phi) is 7.42. The number of allylic oxidation sites excluding steroid dienone is 7. The number of H-pyrrole nitrogens is 1. The van der Waals surface area contributed by atoms with E-state index >= 15 is 0 Å². The number of hydrogen-bond donors (Lipinski definition) is 1. The lowest BCUT2D eigenvalue weighted by atomic mass is 10.1. The van der Waals surface area contributed by atoms with Gasteiger partial charge in [-0.1, -0.05) is 38.2 Å². The van der Waals surface area contributed by atoms with Crippen molar-refractivity contribution >= 4 is 17.6 Å². The summed E-state index contributed by atoms with van der Waals surface area (Å²) >= 11 is 0. The first kappa shape index (κ1) is 17.5. The molecule has 1 heterocycles. The van der Waals surface area contributed by atoms with Crippen LogP contribution in [-0.2, 0) is 0 Å². The SMILES string of the molecule is C=C/C(=C\C(C#N)=C/C)c1ccc(/N=C\C(=C/C)CCC)[nH]1. The van der Waals surface area contributed by atoms with Gasteiger partial charge in [0.15, 0.2) is 0 Å². The number of aromatic amines is 1. The molecule has 1 rings (SSSR count). The standard InChI is InChI=1S/C19H23N3/c1-5-9-15(6-2)14-21-19-11-10-18(22-19)17(8-4)12-16(7-3)13-20/h6-8,10-12,14,22H,4-5,9H2,1-3H3/b15-6-,16-7+,17-12+,21-14-. The van der Waals surface area contributed by atoms with Crippen LogP contribution in [0.5, 0.6) is 0 Å². The molecular weight excluding hydrogens is 270 g/mol. The fraction of sp³-hybridized carbons (Fsp3) is 0.263. The van der Waals surface area contributed by atoms with Gasteiger partial charge in [0.25, 0.3) is 0 Å². The number of aromatic nitrogens is 1. The molecule has 0 saturated carbocycles. The molecule has 0 bridgehead atoms. The molecule has 0 radical (unpaired) electrons. The van der Waals surface area contributed by atoms with Crippen molar-refractivity contribution < 1.29 is 0 Å². The average Bonchev–Trinajstić information content (AvgIpc) is 3.01. The normalized spacial score (nSPS) is 13.5. The van der Waals surface area contributed by atoms with Crippen LogP contribution in [0.15, 0.2) is 59.2 Å². The number of aliphatic imine (C=N–C) groups is 1. The second-order valence-corrected chi connectivity index (χ2v) is 4.79. The first-order chi connectivity index (χ1) is 10.7. The highest BCUT2D eigenvalue weighted by molar-refractivity contribution is 5.81. The fourth-order valence-electron chi connectivity index (χ4n) is 1.95. The van der Waals surface area contributed by atoms with Crippen molar-refractivity contribution in [2.75, 3.05) is 0 Å². The molecule has 0 aromatic carbocycles. The molecule has 1 aromatic heterocycles. The molecule has 0 fully saturated rings. The lowest BCUT2D eigenvalue weighted by Crippen LogP contribution is -1.84. The van der Waals surface area contributed by atoms with E-state index in [-0.39, 0.29) is 0 Å². The lowest BCUT2D eigenvalue weighted by molar-refractivity contribution is 0.937. The Morgan fingerprint density at radius 3 is 2.68 bits per heavy atom. The largest absolute Gasteiger partial charge is 0.340 e. The summed E-state index contributed by atoms with van der Waals surface area (Å²) in [7, 11) is 0. The van der Waals surface area contributed by atoms with Gasteiger partial charge in [-0.15, -0.1) is 0 Å². The van der Waals surface area contributed by atoms with Gasteiger partial charge in [0.05, 0.1) is 6.07 Å². The van der Waals surface area contributed by atoms with E-state index in [1.54, 1.807) is 18.2 Å². The number of hydrogen-bond acceptors (Lipinski definition) is 2. The molecule has 1 aromatic rings. The summed E-state index contributed by atoms with van der Waals surface area (Å²) in [6.45, 7) is 9.82. The molecular formula is C19H23N3. The van der Waals surface area contributed by atoms with Gasteiger partial charge >= 0.3 is 0 Å². The maximum Gasteiger partial charge on any atom is 0.130 e. The van der Waals surface area contributed by atoms with E-state index in [1.165, 1.54) is 5.57 Å². The van der Waals surface area contributed by atoms with Crippen LogP contribution < -0.4 is 0 Å². The Morgan fingerprint density at radius 2 is 2.14 bits per heavy atom. The maximum atomic E-state index is 9.01. The lowest BCUT2D eigenvalue weighted by Gasteiger charge is -1.99. The van der Waals surface area contributed by atoms with Crippen LogP contribution in [0.4, 0.5) is 5.82 Å². The summed E-state index contributed by atoms with van der Waals surface area (Å²) in [5, 5.41) is 9.01. The minimum absolute atomic E-state index is 0.605. The summed E-state index contributed by atoms with van der Waals surface area (Å²) in [6.07, 6.45) is 11.4. The number of nitrogens with zero attached hydrogens (tertiary/aromatic N) is 2. The van der Waals surface area contributed by atoms with Gasteiger partial charge in [0, 0.05) is 17.5 Å². The molecule has 0 aliphatic heterocycles. The summed E-state index contributed by atoms with van der Waals surface area (Å²) < 4.78 is 0. The summed E-state index contributed by atoms with van der Waals surface area (Å²) in [5.74, 6) is 0.789. The number of nitrogens with one attached hydrogen (secondary N) is 1. The highest BCUT2D eigenvalue weighted by atomic mass is 14.9. The van der Waals surface area contributed by atoms with Gasteiger partial charge < -0.3 is 4.98 Å². The monoisotopic (exact) mass is 293 g/mol. The van der Waals surface area contributed by atoms with Crippen LogP contribution in [-0.4, -0.2) is 11.2 Å². The van der Waals surface area contributed by atoms with Crippen molar-refractivity contribution in [2.45, 2.75) is 33.6 Å². The molecule has 1 N–H and O–H groups in total. The van der Waals surface area contributed by atoms with Gasteiger partial charge in [-0.25, -0.2) is 4.99 Å². The van der Waals surface area contributed by atoms with Crippen molar-refractivity contribution in [3.8, 4) is 6.07 Å². The van der Waals surface area contributed by atoms with Crippen LogP contribution in [0.1, 0.15) is 39.3 Å². The molecule has 0 amide bonds. The van der Waals surface area contributed by atoms with E-state index in [4.69, 9.17) is 5.26 Å². The van der Waals surface area contributed by atoms with Crippen molar-refractivity contribution in [3.63, 3.8) is 0 Å². The van der Waals surface area contributed by atoms with Gasteiger partial charge in [-0.2, -0.15) is 5.26 Å². The highest BCUT2D eigenvalue weighted by Gasteiger charge is 2.02. The van der Waals surface area contributed by atoms with Crippen LogP contribution in [0.2, 0.25) is 0 Å². The van der Waals surface area contributed by atoms with Crippen molar-refractivity contribution in [3.05, 3.63) is 59.9 Å². The van der Waals surface area contributed by atoms with Crippen LogP contribution in [0, 0.1) is 11.3 Å². The molecule has 0 aliphatic rings. The zero-order valence-electron chi connectivity index (χ0n) is 13.6. The Labute approximate surface area is 133 Å². The zero-order valence-corrected chi connectivity index (χ0v) is 13.6. The van der Waals surface area contributed by atoms with Gasteiger partial charge in [-0.3, -0.25) is 0 Å². The molecule has 22 heavy (non-hydrogen) atoms. The van der Waals surface area contributed by atoms with Crippen LogP contribution in [0.3, 0.4) is 0 Å². The molecule has 3 nitrogen and oxygen atoms in total. The van der Waals surface area contributed by atoms with Crippen molar-refractivity contribution in [2.24, 2.45) is 4.99 Å². The van der Waals surface area contributed by atoms with E-state index in [9.17, 15) is 0 Å². The second kappa shape index (κ2) is 9.36. The van der Waals surface area contributed by atoms with E-state index in [0.717, 1.165) is 29.9 Å². The van der Waals surface area contributed by atoms with E-state index in [1.807, 2.05) is 32.2 Å². The van der Waals surface area contributed by atoms with Crippen molar-refractivity contribution in [1.29, 1.82) is 5.26 Å². The van der Waals surface area contributed by atoms with Gasteiger partial charge in [-0.05, 0) is 49.6 Å². The zero-order chi connectivity index (χ0) is 16.4. The third-order valence-corrected chi connectivity index (χ3v) is 3.23. The van der Waals surface area contributed by atoms with Crippen molar-refractivity contribution in [1.82, 2.24) is 4.98 Å². The molecule has 0 atom stereocenters. The predicted octanol–water partition coefficient (Wildman–Crippen LogP) is 5.50. The minimum Gasteiger partial charge on any atom is -0.340 e. The van der Waals surface area contributed by atoms with Gasteiger partial charge in [0.2, 0.25) is 0 Å². The van der Waals surface area contributed by atoms with Crippen LogP contribution in [0.25, 0.3) is 5.57 Å².